The Morgan fingerprint density at radius 3 is 3.08 bits per heavy atom. The van der Waals surface area contributed by atoms with Crippen LogP contribution in [0.3, 0.4) is 0 Å². The van der Waals surface area contributed by atoms with Crippen molar-refractivity contribution in [3.05, 3.63) is 22.2 Å². The Morgan fingerprint density at radius 2 is 2.58 bits per heavy atom. The fourth-order valence-corrected chi connectivity index (χ4v) is 1.48. The number of carboxylic acids is 1. The molecule has 12 heavy (non-hydrogen) atoms. The molecule has 64 valence electrons. The number of hydrogen-bond donors (Lipinski definition) is 1. The van der Waals surface area contributed by atoms with E-state index in [1.165, 1.54) is 11.3 Å². The zero-order valence-electron chi connectivity index (χ0n) is 6.65. The van der Waals surface area contributed by atoms with Crippen LogP contribution in [-0.4, -0.2) is 16.1 Å². The fraction of sp³-hybridized carbons (Fsp3) is 0.250. The molecule has 0 spiro atoms. The van der Waals surface area contributed by atoms with Crippen molar-refractivity contribution in [2.24, 2.45) is 0 Å². The van der Waals surface area contributed by atoms with E-state index < -0.39 is 5.97 Å². The van der Waals surface area contributed by atoms with Crippen molar-refractivity contribution in [1.82, 2.24) is 4.98 Å². The average Bonchev–Trinajstić information content (AvgIpc) is 2.48. The number of nitrogens with zero attached hydrogens (tertiary/aromatic N) is 1. The smallest absolute Gasteiger partial charge is 0.328 e. The first-order chi connectivity index (χ1) is 5.72. The highest BCUT2D eigenvalue weighted by atomic mass is 32.1. The largest absolute Gasteiger partial charge is 0.478 e. The van der Waals surface area contributed by atoms with E-state index in [1.807, 2.05) is 6.92 Å². The third-order valence-corrected chi connectivity index (χ3v) is 2.37. The number of carbonyl (C=O) groups is 1. The lowest BCUT2D eigenvalue weighted by molar-refractivity contribution is -0.131. The topological polar surface area (TPSA) is 50.2 Å². The monoisotopic (exact) mass is 183 g/mol. The third kappa shape index (κ3) is 2.47. The molecule has 0 unspecified atom stereocenters. The van der Waals surface area contributed by atoms with Gasteiger partial charge >= 0.3 is 5.97 Å². The van der Waals surface area contributed by atoms with Crippen molar-refractivity contribution in [3.63, 3.8) is 0 Å². The molecule has 0 radical (unpaired) electrons. The molecule has 1 rings (SSSR count). The first kappa shape index (κ1) is 8.93. The molecule has 1 aromatic heterocycles. The molecule has 0 saturated heterocycles. The zero-order valence-corrected chi connectivity index (χ0v) is 7.47. The second-order valence-electron chi connectivity index (χ2n) is 2.18. The van der Waals surface area contributed by atoms with Crippen LogP contribution in [0, 0.1) is 0 Å². The Kier molecular flexibility index (Phi) is 2.99. The van der Waals surface area contributed by atoms with Gasteiger partial charge in [-0.2, -0.15) is 0 Å². The van der Waals surface area contributed by atoms with Gasteiger partial charge in [-0.05, 0) is 12.5 Å². The third-order valence-electron chi connectivity index (χ3n) is 1.26. The maximum absolute atomic E-state index is 10.1. The van der Waals surface area contributed by atoms with Crippen LogP contribution in [0.2, 0.25) is 0 Å². The molecule has 0 aromatic carbocycles. The van der Waals surface area contributed by atoms with E-state index in [0.29, 0.717) is 0 Å². The van der Waals surface area contributed by atoms with Crippen LogP contribution in [0.1, 0.15) is 16.8 Å². The second kappa shape index (κ2) is 4.01. The van der Waals surface area contributed by atoms with Crippen molar-refractivity contribution in [1.29, 1.82) is 0 Å². The highest BCUT2D eigenvalue weighted by molar-refractivity contribution is 7.12. The highest BCUT2D eigenvalue weighted by Gasteiger charge is 1.96. The maximum atomic E-state index is 10.1. The van der Waals surface area contributed by atoms with E-state index >= 15 is 0 Å². The summed E-state index contributed by atoms with van der Waals surface area (Å²) in [4.78, 5) is 15.1. The van der Waals surface area contributed by atoms with Crippen molar-refractivity contribution >= 4 is 23.4 Å². The van der Waals surface area contributed by atoms with Gasteiger partial charge in [-0.3, -0.25) is 0 Å². The normalized spacial score (nSPS) is 10.8. The molecule has 1 N–H and O–H groups in total. The van der Waals surface area contributed by atoms with Gasteiger partial charge < -0.3 is 5.11 Å². The number of hydrogen-bond acceptors (Lipinski definition) is 3. The summed E-state index contributed by atoms with van der Waals surface area (Å²) >= 11 is 1.51. The first-order valence-electron chi connectivity index (χ1n) is 3.58. The zero-order chi connectivity index (χ0) is 8.97. The number of rotatable bonds is 3. The Labute approximate surface area is 74.4 Å². The van der Waals surface area contributed by atoms with Crippen molar-refractivity contribution in [2.75, 3.05) is 0 Å². The lowest BCUT2D eigenvalue weighted by Gasteiger charge is -1.81. The molecule has 0 aliphatic rings. The number of aliphatic carboxylic acids is 1. The van der Waals surface area contributed by atoms with Crippen LogP contribution in [0.4, 0.5) is 0 Å². The predicted octanol–water partition coefficient (Wildman–Crippen LogP) is 1.80. The summed E-state index contributed by atoms with van der Waals surface area (Å²) < 4.78 is 0. The lowest BCUT2D eigenvalue weighted by Crippen LogP contribution is -1.84. The van der Waals surface area contributed by atoms with Crippen LogP contribution in [-0.2, 0) is 11.2 Å². The maximum Gasteiger partial charge on any atom is 0.328 e. The van der Waals surface area contributed by atoms with Gasteiger partial charge in [0.1, 0.15) is 0 Å². The minimum atomic E-state index is -0.929. The molecule has 0 atom stereocenters. The summed E-state index contributed by atoms with van der Waals surface area (Å²) in [5.74, 6) is -0.929. The minimum Gasteiger partial charge on any atom is -0.478 e. The summed E-state index contributed by atoms with van der Waals surface area (Å²) in [5.41, 5.74) is 0. The molecule has 1 heterocycles. The Hall–Kier alpha value is -1.16. The fourth-order valence-electron chi connectivity index (χ4n) is 0.718. The predicted molar refractivity (Wildman–Crippen MR) is 48.2 cm³/mol. The van der Waals surface area contributed by atoms with E-state index in [9.17, 15) is 4.79 Å². The Bertz CT molecular complexity index is 304. The molecule has 0 amide bonds. The van der Waals surface area contributed by atoms with E-state index in [0.717, 1.165) is 22.4 Å². The summed E-state index contributed by atoms with van der Waals surface area (Å²) in [5, 5.41) is 9.36. The second-order valence-corrected chi connectivity index (χ2v) is 3.33. The molecule has 1 aromatic rings. The lowest BCUT2D eigenvalue weighted by atomic mass is 10.4. The van der Waals surface area contributed by atoms with Crippen LogP contribution in [0.25, 0.3) is 6.08 Å². The van der Waals surface area contributed by atoms with Gasteiger partial charge in [0, 0.05) is 17.2 Å². The summed E-state index contributed by atoms with van der Waals surface area (Å²) in [7, 11) is 0. The van der Waals surface area contributed by atoms with Gasteiger partial charge in [-0.25, -0.2) is 9.78 Å². The van der Waals surface area contributed by atoms with Crippen LogP contribution >= 0.6 is 11.3 Å². The Morgan fingerprint density at radius 1 is 1.83 bits per heavy atom. The molecule has 0 aliphatic heterocycles. The molecular formula is C8H9NO2S. The van der Waals surface area contributed by atoms with E-state index in [2.05, 4.69) is 4.98 Å². The number of thiazole rings is 1. The summed E-state index contributed by atoms with van der Waals surface area (Å²) in [6, 6.07) is 0. The van der Waals surface area contributed by atoms with E-state index in [1.54, 1.807) is 12.3 Å². The molecule has 0 saturated carbocycles. The van der Waals surface area contributed by atoms with Crippen molar-refractivity contribution < 1.29 is 9.90 Å². The van der Waals surface area contributed by atoms with Crippen molar-refractivity contribution in [3.8, 4) is 0 Å². The number of aromatic nitrogens is 1. The molecule has 0 aliphatic carbocycles. The van der Waals surface area contributed by atoms with E-state index in [-0.39, 0.29) is 0 Å². The molecule has 4 heteroatoms. The van der Waals surface area contributed by atoms with Gasteiger partial charge in [-0.15, -0.1) is 11.3 Å². The molecule has 3 nitrogen and oxygen atoms in total. The van der Waals surface area contributed by atoms with Gasteiger partial charge in [0.05, 0.1) is 5.01 Å². The van der Waals surface area contributed by atoms with E-state index in [4.69, 9.17) is 5.11 Å². The average molecular weight is 183 g/mol. The number of carboxylic acid groups (broad SMARTS) is 1. The SMILES string of the molecule is CCc1ncc(C=CC(=O)O)s1. The Balaban J connectivity index is 2.70. The van der Waals surface area contributed by atoms with Crippen LogP contribution in [0.5, 0.6) is 0 Å². The van der Waals surface area contributed by atoms with Gasteiger partial charge in [0.15, 0.2) is 0 Å². The van der Waals surface area contributed by atoms with Crippen LogP contribution in [0.15, 0.2) is 12.3 Å². The van der Waals surface area contributed by atoms with Crippen molar-refractivity contribution in [2.45, 2.75) is 13.3 Å². The van der Waals surface area contributed by atoms with Gasteiger partial charge in [-0.1, -0.05) is 6.92 Å². The quantitative estimate of drug-likeness (QED) is 0.727. The summed E-state index contributed by atoms with van der Waals surface area (Å²) in [6.45, 7) is 2.02. The van der Waals surface area contributed by atoms with Gasteiger partial charge in [0.2, 0.25) is 0 Å². The first-order valence-corrected chi connectivity index (χ1v) is 4.39. The standard InChI is InChI=1S/C8H9NO2S/c1-2-7-9-5-6(12-7)3-4-8(10)11/h3-5H,2H2,1H3,(H,10,11). The number of aryl methyl sites for hydroxylation is 1. The molecular weight excluding hydrogens is 174 g/mol. The van der Waals surface area contributed by atoms with Gasteiger partial charge in [0.25, 0.3) is 0 Å². The highest BCUT2D eigenvalue weighted by Crippen LogP contribution is 2.14. The minimum absolute atomic E-state index is 0.884. The van der Waals surface area contributed by atoms with Crippen LogP contribution < -0.4 is 0 Å². The molecule has 0 bridgehead atoms. The summed E-state index contributed by atoms with van der Waals surface area (Å²) in [6.07, 6.45) is 5.25. The molecule has 0 fully saturated rings.